The number of benzene rings is 1. The Balaban J connectivity index is 1.62. The van der Waals surface area contributed by atoms with Gasteiger partial charge in [0, 0.05) is 10.4 Å². The Labute approximate surface area is 150 Å². The Morgan fingerprint density at radius 3 is 2.29 bits per heavy atom. The van der Waals surface area contributed by atoms with E-state index in [4.69, 9.17) is 0 Å². The monoisotopic (exact) mass is 357 g/mol. The number of hydrogen-bond acceptors (Lipinski definition) is 3. The Bertz CT molecular complexity index is 739. The molecule has 0 fully saturated rings. The molecule has 0 saturated carbocycles. The van der Waals surface area contributed by atoms with Gasteiger partial charge in [-0.3, -0.25) is 4.79 Å². The van der Waals surface area contributed by atoms with Crippen molar-refractivity contribution in [1.29, 1.82) is 0 Å². The fraction of sp³-hybridized carbons (Fsp3) is 0.211. The zero-order valence-corrected chi connectivity index (χ0v) is 15.1. The second-order valence-electron chi connectivity index (χ2n) is 5.65. The molecule has 2 heterocycles. The van der Waals surface area contributed by atoms with Gasteiger partial charge in [-0.25, -0.2) is 0 Å². The van der Waals surface area contributed by atoms with Crippen LogP contribution in [0.25, 0.3) is 0 Å². The van der Waals surface area contributed by atoms with E-state index in [1.54, 1.807) is 22.7 Å². The van der Waals surface area contributed by atoms with Crippen molar-refractivity contribution in [3.63, 3.8) is 0 Å². The van der Waals surface area contributed by atoms with Crippen LogP contribution in [0, 0.1) is 0 Å². The second-order valence-corrected chi connectivity index (χ2v) is 7.61. The SMILES string of the molecule is C[C@@H](NC(=O)C[NH2+][C@@H](c1ccccc1)c1cccs1)c1cccs1. The Morgan fingerprint density at radius 2 is 1.67 bits per heavy atom. The third-order valence-electron chi connectivity index (χ3n) is 3.89. The largest absolute Gasteiger partial charge is 0.344 e. The van der Waals surface area contributed by atoms with Gasteiger partial charge >= 0.3 is 0 Å². The molecule has 1 aromatic carbocycles. The van der Waals surface area contributed by atoms with Crippen LogP contribution in [-0.2, 0) is 4.79 Å². The van der Waals surface area contributed by atoms with Crippen LogP contribution >= 0.6 is 22.7 Å². The van der Waals surface area contributed by atoms with Crippen LogP contribution in [0.2, 0.25) is 0 Å². The molecule has 3 nitrogen and oxygen atoms in total. The van der Waals surface area contributed by atoms with Crippen molar-refractivity contribution in [2.75, 3.05) is 6.54 Å². The first-order valence-corrected chi connectivity index (χ1v) is 9.74. The summed E-state index contributed by atoms with van der Waals surface area (Å²) in [6.07, 6.45) is 0. The van der Waals surface area contributed by atoms with Gasteiger partial charge in [0.05, 0.1) is 10.9 Å². The highest BCUT2D eigenvalue weighted by molar-refractivity contribution is 7.10. The van der Waals surface area contributed by atoms with Gasteiger partial charge in [0.15, 0.2) is 6.54 Å². The zero-order valence-electron chi connectivity index (χ0n) is 13.5. The van der Waals surface area contributed by atoms with E-state index in [0.717, 1.165) is 0 Å². The molecular weight excluding hydrogens is 336 g/mol. The molecule has 3 aromatic rings. The maximum absolute atomic E-state index is 12.3. The topological polar surface area (TPSA) is 45.7 Å². The third-order valence-corrected chi connectivity index (χ3v) is 5.91. The van der Waals surface area contributed by atoms with Crippen molar-refractivity contribution in [2.24, 2.45) is 0 Å². The number of hydrogen-bond donors (Lipinski definition) is 2. The number of amides is 1. The lowest BCUT2D eigenvalue weighted by Gasteiger charge is -2.16. The van der Waals surface area contributed by atoms with E-state index >= 15 is 0 Å². The van der Waals surface area contributed by atoms with Crippen molar-refractivity contribution >= 4 is 28.6 Å². The minimum absolute atomic E-state index is 0.0582. The van der Waals surface area contributed by atoms with E-state index < -0.39 is 0 Å². The molecule has 0 radical (unpaired) electrons. The molecule has 124 valence electrons. The maximum Gasteiger partial charge on any atom is 0.275 e. The fourth-order valence-corrected chi connectivity index (χ4v) is 4.26. The number of carbonyl (C=O) groups excluding carboxylic acids is 1. The Morgan fingerprint density at radius 1 is 1.00 bits per heavy atom. The average Bonchev–Trinajstić information content (AvgIpc) is 3.30. The van der Waals surface area contributed by atoms with Gasteiger partial charge < -0.3 is 10.6 Å². The van der Waals surface area contributed by atoms with Crippen LogP contribution in [-0.4, -0.2) is 12.5 Å². The highest BCUT2D eigenvalue weighted by Gasteiger charge is 2.20. The van der Waals surface area contributed by atoms with Crippen LogP contribution in [0.1, 0.15) is 34.3 Å². The molecule has 0 spiro atoms. The molecule has 0 bridgehead atoms. The molecule has 0 saturated heterocycles. The standard InChI is InChI=1S/C19H20N2OS2/c1-14(16-9-5-11-23-16)21-18(22)13-20-19(17-10-6-12-24-17)15-7-3-2-4-8-15/h2-12,14,19-20H,13H2,1H3,(H,21,22)/p+1/t14-,19+/m1/s1. The van der Waals surface area contributed by atoms with Crippen LogP contribution in [0.5, 0.6) is 0 Å². The molecule has 2 aromatic heterocycles. The summed E-state index contributed by atoms with van der Waals surface area (Å²) < 4.78 is 0. The zero-order chi connectivity index (χ0) is 16.8. The van der Waals surface area contributed by atoms with Gasteiger partial charge in [-0.15, -0.1) is 22.7 Å². The van der Waals surface area contributed by atoms with Gasteiger partial charge in [0.2, 0.25) is 0 Å². The predicted octanol–water partition coefficient (Wildman–Crippen LogP) is 3.34. The summed E-state index contributed by atoms with van der Waals surface area (Å²) in [6.45, 7) is 2.44. The number of thiophene rings is 2. The summed E-state index contributed by atoms with van der Waals surface area (Å²) in [4.78, 5) is 14.8. The van der Waals surface area contributed by atoms with Gasteiger partial charge in [0.1, 0.15) is 6.04 Å². The maximum atomic E-state index is 12.3. The Kier molecular flexibility index (Phi) is 5.80. The van der Waals surface area contributed by atoms with E-state index in [2.05, 4.69) is 46.3 Å². The quantitative estimate of drug-likeness (QED) is 0.669. The molecular formula is C19H21N2OS2+. The van der Waals surface area contributed by atoms with Crippen molar-refractivity contribution < 1.29 is 10.1 Å². The number of quaternary nitrogens is 1. The van der Waals surface area contributed by atoms with Crippen LogP contribution in [0.3, 0.4) is 0 Å². The van der Waals surface area contributed by atoms with Crippen molar-refractivity contribution in [2.45, 2.75) is 19.0 Å². The minimum atomic E-state index is 0.0582. The molecule has 3 rings (SSSR count). The second kappa shape index (κ2) is 8.24. The summed E-state index contributed by atoms with van der Waals surface area (Å²) >= 11 is 3.40. The fourth-order valence-electron chi connectivity index (χ4n) is 2.68. The number of nitrogens with one attached hydrogen (secondary N) is 1. The summed E-state index contributed by atoms with van der Waals surface area (Å²) in [5.74, 6) is 0.0633. The first kappa shape index (κ1) is 16.9. The Hall–Kier alpha value is -1.95. The molecule has 24 heavy (non-hydrogen) atoms. The van der Waals surface area contributed by atoms with Gasteiger partial charge in [-0.05, 0) is 29.8 Å². The van der Waals surface area contributed by atoms with Gasteiger partial charge in [-0.2, -0.15) is 0 Å². The smallest absolute Gasteiger partial charge is 0.275 e. The molecule has 2 atom stereocenters. The van der Waals surface area contributed by atoms with Crippen molar-refractivity contribution in [1.82, 2.24) is 5.32 Å². The van der Waals surface area contributed by atoms with E-state index in [0.29, 0.717) is 6.54 Å². The van der Waals surface area contributed by atoms with Crippen molar-refractivity contribution in [3.8, 4) is 0 Å². The van der Waals surface area contributed by atoms with Crippen LogP contribution in [0.4, 0.5) is 0 Å². The van der Waals surface area contributed by atoms with Crippen LogP contribution in [0.15, 0.2) is 65.4 Å². The summed E-state index contributed by atoms with van der Waals surface area (Å²) in [5.41, 5.74) is 1.22. The highest BCUT2D eigenvalue weighted by atomic mass is 32.1. The van der Waals surface area contributed by atoms with Gasteiger partial charge in [0.25, 0.3) is 5.91 Å². The molecule has 0 aliphatic rings. The van der Waals surface area contributed by atoms with Crippen LogP contribution < -0.4 is 10.6 Å². The van der Waals surface area contributed by atoms with E-state index in [-0.39, 0.29) is 18.0 Å². The lowest BCUT2D eigenvalue weighted by Crippen LogP contribution is -2.87. The summed E-state index contributed by atoms with van der Waals surface area (Å²) in [6, 6.07) is 18.8. The molecule has 0 aliphatic carbocycles. The first-order valence-electron chi connectivity index (χ1n) is 7.98. The minimum Gasteiger partial charge on any atom is -0.344 e. The molecule has 1 amide bonds. The normalized spacial score (nSPS) is 13.4. The highest BCUT2D eigenvalue weighted by Crippen LogP contribution is 2.22. The molecule has 0 aliphatic heterocycles. The third kappa shape index (κ3) is 4.32. The van der Waals surface area contributed by atoms with E-state index in [1.165, 1.54) is 15.3 Å². The van der Waals surface area contributed by atoms with E-state index in [1.807, 2.05) is 36.6 Å². The van der Waals surface area contributed by atoms with Gasteiger partial charge in [-0.1, -0.05) is 42.5 Å². The van der Waals surface area contributed by atoms with Crippen molar-refractivity contribution in [3.05, 3.63) is 80.7 Å². The number of nitrogens with two attached hydrogens (primary N) is 1. The lowest BCUT2D eigenvalue weighted by molar-refractivity contribution is -0.676. The molecule has 5 heteroatoms. The first-order chi connectivity index (χ1) is 11.7. The number of rotatable bonds is 7. The number of carbonyl (C=O) groups is 1. The average molecular weight is 358 g/mol. The van der Waals surface area contributed by atoms with E-state index in [9.17, 15) is 4.79 Å². The molecule has 3 N–H and O–H groups in total. The summed E-state index contributed by atoms with van der Waals surface area (Å²) in [7, 11) is 0. The summed E-state index contributed by atoms with van der Waals surface area (Å²) in [5, 5.41) is 9.30. The predicted molar refractivity (Wildman–Crippen MR) is 100 cm³/mol. The molecule has 0 unspecified atom stereocenters. The lowest BCUT2D eigenvalue weighted by atomic mass is 10.1.